The summed E-state index contributed by atoms with van der Waals surface area (Å²) >= 11 is 0. The Balaban J connectivity index is 1.20. The van der Waals surface area contributed by atoms with Gasteiger partial charge in [0.2, 0.25) is 0 Å². The number of hydrogen-bond acceptors (Lipinski definition) is 10. The Hall–Kier alpha value is -1.02. The Bertz CT molecular complexity index is 1030. The highest BCUT2D eigenvalue weighted by molar-refractivity contribution is 6.00. The predicted octanol–water partition coefficient (Wildman–Crippen LogP) is 0.776. The van der Waals surface area contributed by atoms with Crippen LogP contribution in [0.3, 0.4) is 0 Å². The van der Waals surface area contributed by atoms with Crippen molar-refractivity contribution in [3.63, 3.8) is 0 Å². The zero-order chi connectivity index (χ0) is 32.4. The first-order chi connectivity index (χ1) is 22.3. The van der Waals surface area contributed by atoms with Crippen LogP contribution in [0.1, 0.15) is 96.3 Å². The van der Waals surface area contributed by atoms with E-state index in [4.69, 9.17) is 19.9 Å². The zero-order valence-electron chi connectivity index (χ0n) is 27.4. The highest BCUT2D eigenvalue weighted by Crippen LogP contribution is 2.51. The largest absolute Gasteiger partial charge is 0.394 e. The Morgan fingerprint density at radius 1 is 0.783 bits per heavy atom. The molecule has 0 aromatic carbocycles. The van der Waals surface area contributed by atoms with Gasteiger partial charge in [-0.15, -0.1) is 0 Å². The molecule has 0 aromatic heterocycles. The highest BCUT2D eigenvalue weighted by Gasteiger charge is 2.59. The molecule has 0 amide bonds. The summed E-state index contributed by atoms with van der Waals surface area (Å²) in [6.07, 6.45) is 6.25. The van der Waals surface area contributed by atoms with Crippen molar-refractivity contribution in [3.8, 4) is 0 Å². The lowest BCUT2D eigenvalue weighted by Gasteiger charge is -2.51. The minimum atomic E-state index is -1.38. The maximum Gasteiger partial charge on any atom is 0.187 e. The first kappa shape index (κ1) is 34.8. The fraction of sp³-hybridized carbons (Fsp3) is 0.943. The molecule has 14 atom stereocenters. The van der Waals surface area contributed by atoms with Gasteiger partial charge in [0.15, 0.2) is 6.29 Å². The molecule has 2 heterocycles. The lowest BCUT2D eigenvalue weighted by molar-refractivity contribution is -0.699. The molecule has 46 heavy (non-hydrogen) atoms. The van der Waals surface area contributed by atoms with Crippen molar-refractivity contribution in [2.45, 2.75) is 145 Å². The summed E-state index contributed by atoms with van der Waals surface area (Å²) in [6.45, 7) is 0.728. The van der Waals surface area contributed by atoms with Crippen molar-refractivity contribution < 1.29 is 49.5 Å². The first-order valence-electron chi connectivity index (χ1n) is 18.5. The summed E-state index contributed by atoms with van der Waals surface area (Å²) in [4.78, 5) is 28.1. The van der Waals surface area contributed by atoms with Gasteiger partial charge < -0.3 is 40.0 Å². The molecule has 0 spiro atoms. The molecule has 6 fully saturated rings. The van der Waals surface area contributed by atoms with Gasteiger partial charge in [0, 0.05) is 30.8 Å². The third-order valence-corrected chi connectivity index (χ3v) is 12.6. The monoisotopic (exact) mass is 651 g/mol. The van der Waals surface area contributed by atoms with Crippen LogP contribution in [0, 0.1) is 41.4 Å². The Kier molecular flexibility index (Phi) is 11.9. The summed E-state index contributed by atoms with van der Waals surface area (Å²) < 4.78 is 18.7. The number of nitrogens with two attached hydrogens (primary N) is 2. The van der Waals surface area contributed by atoms with Crippen LogP contribution in [0.2, 0.25) is 0 Å². The van der Waals surface area contributed by atoms with Gasteiger partial charge in [-0.05, 0) is 56.3 Å². The van der Waals surface area contributed by atoms with Crippen LogP contribution in [0.25, 0.3) is 0 Å². The van der Waals surface area contributed by atoms with Gasteiger partial charge in [0.25, 0.3) is 0 Å². The molecule has 4 aliphatic carbocycles. The summed E-state index contributed by atoms with van der Waals surface area (Å²) in [5.41, 5.74) is 6.12. The van der Waals surface area contributed by atoms with Crippen LogP contribution in [-0.4, -0.2) is 101 Å². The molecule has 2 aliphatic heterocycles. The minimum Gasteiger partial charge on any atom is -0.394 e. The molecular formula is C35H59N2O9+. The second-order valence-electron chi connectivity index (χ2n) is 15.5. The molecule has 2 saturated heterocycles. The van der Waals surface area contributed by atoms with Crippen molar-refractivity contribution in [3.05, 3.63) is 0 Å². The van der Waals surface area contributed by atoms with Crippen molar-refractivity contribution in [2.75, 3.05) is 19.8 Å². The van der Waals surface area contributed by atoms with Crippen LogP contribution in [0.15, 0.2) is 0 Å². The van der Waals surface area contributed by atoms with E-state index in [1.807, 2.05) is 0 Å². The van der Waals surface area contributed by atoms with E-state index in [1.54, 1.807) is 0 Å². The van der Waals surface area contributed by atoms with Gasteiger partial charge in [-0.3, -0.25) is 15.3 Å². The smallest absolute Gasteiger partial charge is 0.187 e. The maximum absolute atomic E-state index is 14.1. The zero-order valence-corrected chi connectivity index (χ0v) is 27.4. The summed E-state index contributed by atoms with van der Waals surface area (Å²) in [5.74, 6) is -0.816. The molecule has 0 radical (unpaired) electrons. The van der Waals surface area contributed by atoms with Crippen molar-refractivity contribution >= 4 is 11.6 Å². The summed E-state index contributed by atoms with van der Waals surface area (Å²) in [7, 11) is 0. The van der Waals surface area contributed by atoms with Gasteiger partial charge in [0.1, 0.15) is 42.1 Å². The average Bonchev–Trinajstić information content (AvgIpc) is 3.07. The average molecular weight is 652 g/mol. The van der Waals surface area contributed by atoms with Crippen molar-refractivity contribution in [1.82, 2.24) is 0 Å². The molecule has 4 saturated carbocycles. The van der Waals surface area contributed by atoms with Gasteiger partial charge in [-0.25, -0.2) is 0 Å². The van der Waals surface area contributed by atoms with Crippen LogP contribution in [0.5, 0.6) is 0 Å². The second-order valence-corrected chi connectivity index (χ2v) is 15.5. The van der Waals surface area contributed by atoms with E-state index < -0.39 is 61.4 Å². The third-order valence-electron chi connectivity index (χ3n) is 12.6. The van der Waals surface area contributed by atoms with Crippen molar-refractivity contribution in [2.24, 2.45) is 47.2 Å². The topological polar surface area (TPSA) is 185 Å². The second kappa shape index (κ2) is 15.7. The standard InChI is InChI=1S/C35H58N2O9/c36-26-16-20(12-14-37-26)13-15-44-34-33(43)32(42)25(18-38)46-35(34)45-24-17-21(11-10-19-6-2-1-3-7-19)27-28(31(24)41)30(40)23-9-5-4-8-22(23)29(27)39/h19-28,31-35,37-38,41-43H,1-18,36H2/p+1. The molecular weight excluding hydrogens is 592 g/mol. The van der Waals surface area contributed by atoms with E-state index in [9.17, 15) is 30.0 Å². The first-order valence-corrected chi connectivity index (χ1v) is 18.5. The lowest BCUT2D eigenvalue weighted by atomic mass is 9.54. The van der Waals surface area contributed by atoms with Gasteiger partial charge in [-0.1, -0.05) is 51.4 Å². The molecule has 0 aromatic rings. The Morgan fingerprint density at radius 2 is 1.48 bits per heavy atom. The van der Waals surface area contributed by atoms with E-state index in [-0.39, 0.29) is 35.5 Å². The predicted molar refractivity (Wildman–Crippen MR) is 167 cm³/mol. The summed E-state index contributed by atoms with van der Waals surface area (Å²) in [5, 5.41) is 45.7. The molecule has 0 bridgehead atoms. The number of piperidine rings is 1. The van der Waals surface area contributed by atoms with Crippen molar-refractivity contribution in [1.29, 1.82) is 0 Å². The molecule has 8 N–H and O–H groups in total. The number of ketones is 2. The molecule has 14 unspecified atom stereocenters. The SMILES string of the molecule is NC1CC(CCOC2C(OC3CC(CCC4CCCCC4)C4C(=O)C5CCCCC5C(=O)C4C3O)OC(CO)C(O)C2O)CC[NH2+]1. The molecule has 6 aliphatic rings. The van der Waals surface area contributed by atoms with Gasteiger partial charge in [0.05, 0.1) is 31.3 Å². The van der Waals surface area contributed by atoms with Crippen LogP contribution >= 0.6 is 0 Å². The number of aliphatic hydroxyl groups excluding tert-OH is 4. The number of rotatable bonds is 10. The number of aliphatic hydroxyl groups is 4. The van der Waals surface area contributed by atoms with Crippen LogP contribution in [0.4, 0.5) is 0 Å². The van der Waals surface area contributed by atoms with E-state index >= 15 is 0 Å². The number of fused-ring (bicyclic) bond motifs is 2. The fourth-order valence-corrected chi connectivity index (χ4v) is 10.0. The fourth-order valence-electron chi connectivity index (χ4n) is 10.0. The van der Waals surface area contributed by atoms with E-state index in [0.29, 0.717) is 31.3 Å². The molecule has 6 rings (SSSR count). The maximum atomic E-state index is 14.1. The number of carbonyl (C=O) groups is 2. The van der Waals surface area contributed by atoms with Crippen LogP contribution < -0.4 is 11.1 Å². The lowest BCUT2D eigenvalue weighted by Crippen LogP contribution is -2.94. The Labute approximate surface area is 273 Å². The van der Waals surface area contributed by atoms with E-state index in [1.165, 1.54) is 32.1 Å². The van der Waals surface area contributed by atoms with Gasteiger partial charge in [-0.2, -0.15) is 0 Å². The number of quaternary nitrogens is 1. The molecule has 11 heteroatoms. The summed E-state index contributed by atoms with van der Waals surface area (Å²) in [6, 6.07) is 0. The van der Waals surface area contributed by atoms with Gasteiger partial charge >= 0.3 is 0 Å². The quantitative estimate of drug-likeness (QED) is 0.185. The number of hydrogen-bond donors (Lipinski definition) is 6. The minimum absolute atomic E-state index is 0.00163. The molecule has 11 nitrogen and oxygen atoms in total. The van der Waals surface area contributed by atoms with E-state index in [0.717, 1.165) is 57.9 Å². The highest BCUT2D eigenvalue weighted by atomic mass is 16.7. The van der Waals surface area contributed by atoms with Crippen LogP contribution in [-0.2, 0) is 23.8 Å². The molecule has 262 valence electrons. The van der Waals surface area contributed by atoms with E-state index in [2.05, 4.69) is 5.32 Å². The normalized spacial score (nSPS) is 45.7. The Morgan fingerprint density at radius 3 is 2.17 bits per heavy atom. The third kappa shape index (κ3) is 7.43. The number of ether oxygens (including phenoxy) is 3. The number of carbonyl (C=O) groups excluding carboxylic acids is 2. The number of Topliss-reactive ketones (excluding diaryl/α,β-unsaturated/α-hetero) is 2.